The van der Waals surface area contributed by atoms with Gasteiger partial charge in [-0.25, -0.2) is 0 Å². The Kier molecular flexibility index (Phi) is 3.89. The van der Waals surface area contributed by atoms with Gasteiger partial charge in [-0.05, 0) is 12.7 Å². The quantitative estimate of drug-likeness (QED) is 0.444. The van der Waals surface area contributed by atoms with Gasteiger partial charge in [0, 0.05) is 7.11 Å². The zero-order valence-electron chi connectivity index (χ0n) is 6.01. The predicted molar refractivity (Wildman–Crippen MR) is 39.6 cm³/mol. The summed E-state index contributed by atoms with van der Waals surface area (Å²) in [7, 11) is 1.54. The highest BCUT2D eigenvalue weighted by atomic mass is 32.2. The van der Waals surface area contributed by atoms with Crippen molar-refractivity contribution in [3.05, 3.63) is 0 Å². The van der Waals surface area contributed by atoms with E-state index >= 15 is 0 Å². The number of aldehydes is 1. The van der Waals surface area contributed by atoms with Gasteiger partial charge in [0.05, 0.1) is 0 Å². The highest BCUT2D eigenvalue weighted by Gasteiger charge is 2.21. The van der Waals surface area contributed by atoms with Crippen LogP contribution in [0.1, 0.15) is 13.8 Å². The molecule has 0 spiro atoms. The van der Waals surface area contributed by atoms with Crippen LogP contribution in [-0.4, -0.2) is 24.1 Å². The van der Waals surface area contributed by atoms with E-state index < -0.39 is 4.93 Å². The van der Waals surface area contributed by atoms with Gasteiger partial charge < -0.3 is 4.74 Å². The number of methoxy groups -OCH3 is 1. The SMILES string of the molecule is CCSC(C)(C=O)OC. The summed E-state index contributed by atoms with van der Waals surface area (Å²) in [5.41, 5.74) is 0. The summed E-state index contributed by atoms with van der Waals surface area (Å²) >= 11 is 1.49. The first-order chi connectivity index (χ1) is 4.18. The van der Waals surface area contributed by atoms with Gasteiger partial charge in [0.15, 0.2) is 11.2 Å². The molecule has 0 aliphatic heterocycles. The van der Waals surface area contributed by atoms with Crippen LogP contribution in [0.3, 0.4) is 0 Å². The van der Waals surface area contributed by atoms with Crippen LogP contribution in [0.5, 0.6) is 0 Å². The number of rotatable bonds is 4. The zero-order chi connectivity index (χ0) is 7.33. The van der Waals surface area contributed by atoms with Gasteiger partial charge in [-0.1, -0.05) is 6.92 Å². The van der Waals surface area contributed by atoms with Crippen LogP contribution in [0.4, 0.5) is 0 Å². The van der Waals surface area contributed by atoms with Gasteiger partial charge in [-0.2, -0.15) is 0 Å². The molecular weight excluding hydrogens is 136 g/mol. The fourth-order valence-corrected chi connectivity index (χ4v) is 1.19. The molecule has 0 bridgehead atoms. The van der Waals surface area contributed by atoms with Crippen molar-refractivity contribution in [3.63, 3.8) is 0 Å². The van der Waals surface area contributed by atoms with E-state index in [-0.39, 0.29) is 0 Å². The first-order valence-electron chi connectivity index (χ1n) is 2.84. The van der Waals surface area contributed by atoms with Crippen LogP contribution < -0.4 is 0 Å². The Morgan fingerprint density at radius 1 is 1.78 bits per heavy atom. The van der Waals surface area contributed by atoms with E-state index in [1.165, 1.54) is 18.9 Å². The van der Waals surface area contributed by atoms with Gasteiger partial charge in [-0.3, -0.25) is 4.79 Å². The molecule has 1 unspecified atom stereocenters. The first-order valence-corrected chi connectivity index (χ1v) is 3.82. The normalized spacial score (nSPS) is 16.8. The highest BCUT2D eigenvalue weighted by molar-refractivity contribution is 8.01. The predicted octanol–water partition coefficient (Wildman–Crippen LogP) is 1.30. The maximum atomic E-state index is 10.3. The van der Waals surface area contributed by atoms with E-state index in [1.54, 1.807) is 6.92 Å². The molecule has 0 aromatic carbocycles. The number of carbonyl (C=O) groups is 1. The molecule has 3 heteroatoms. The molecule has 0 aromatic rings. The van der Waals surface area contributed by atoms with Crippen molar-refractivity contribution < 1.29 is 9.53 Å². The summed E-state index contributed by atoms with van der Waals surface area (Å²) in [5, 5.41) is 0. The van der Waals surface area contributed by atoms with Crippen LogP contribution in [0.25, 0.3) is 0 Å². The molecule has 0 aromatic heterocycles. The lowest BCUT2D eigenvalue weighted by molar-refractivity contribution is -0.117. The summed E-state index contributed by atoms with van der Waals surface area (Å²) < 4.78 is 4.92. The van der Waals surface area contributed by atoms with Crippen molar-refractivity contribution in [1.82, 2.24) is 0 Å². The lowest BCUT2D eigenvalue weighted by atomic mass is 10.4. The Hall–Kier alpha value is -0.0200. The Morgan fingerprint density at radius 2 is 2.33 bits per heavy atom. The van der Waals surface area contributed by atoms with Gasteiger partial charge in [0.25, 0.3) is 0 Å². The van der Waals surface area contributed by atoms with Crippen LogP contribution >= 0.6 is 11.8 Å². The van der Waals surface area contributed by atoms with E-state index in [0.717, 1.165) is 12.0 Å². The van der Waals surface area contributed by atoms with Gasteiger partial charge in [0.1, 0.15) is 0 Å². The molecule has 0 radical (unpaired) electrons. The maximum Gasteiger partial charge on any atom is 0.165 e. The van der Waals surface area contributed by atoms with Crippen molar-refractivity contribution in [2.24, 2.45) is 0 Å². The third-order valence-corrected chi connectivity index (χ3v) is 2.18. The second-order valence-corrected chi connectivity index (χ2v) is 3.45. The Bertz CT molecular complexity index is 95.1. The Balaban J connectivity index is 3.76. The summed E-state index contributed by atoms with van der Waals surface area (Å²) in [6.45, 7) is 3.75. The van der Waals surface area contributed by atoms with Crippen LogP contribution in [0, 0.1) is 0 Å². The van der Waals surface area contributed by atoms with E-state index in [9.17, 15) is 4.79 Å². The number of ether oxygens (including phenoxy) is 1. The first kappa shape index (κ1) is 8.98. The molecule has 0 heterocycles. The molecule has 54 valence electrons. The molecule has 9 heavy (non-hydrogen) atoms. The molecular formula is C6H12O2S. The fraction of sp³-hybridized carbons (Fsp3) is 0.833. The van der Waals surface area contributed by atoms with Crippen molar-refractivity contribution >= 4 is 18.0 Å². The molecule has 0 rings (SSSR count). The van der Waals surface area contributed by atoms with E-state index in [1.807, 2.05) is 6.92 Å². The van der Waals surface area contributed by atoms with Gasteiger partial charge in [0.2, 0.25) is 0 Å². The largest absolute Gasteiger partial charge is 0.361 e. The number of thioether (sulfide) groups is 1. The zero-order valence-corrected chi connectivity index (χ0v) is 6.83. The number of hydrogen-bond donors (Lipinski definition) is 0. The minimum Gasteiger partial charge on any atom is -0.361 e. The summed E-state index contributed by atoms with van der Waals surface area (Å²) in [4.78, 5) is 9.67. The van der Waals surface area contributed by atoms with Crippen molar-refractivity contribution in [2.45, 2.75) is 18.8 Å². The lowest BCUT2D eigenvalue weighted by Crippen LogP contribution is -2.24. The molecule has 0 aliphatic carbocycles. The summed E-state index contributed by atoms with van der Waals surface area (Å²) in [6, 6.07) is 0. The van der Waals surface area contributed by atoms with E-state index in [2.05, 4.69) is 0 Å². The number of hydrogen-bond acceptors (Lipinski definition) is 3. The standard InChI is InChI=1S/C6H12O2S/c1-4-9-6(2,5-7)8-3/h5H,4H2,1-3H3. The second-order valence-electron chi connectivity index (χ2n) is 1.77. The average Bonchev–Trinajstić information content (AvgIpc) is 1.89. The molecule has 1 atom stereocenters. The second kappa shape index (κ2) is 3.90. The summed E-state index contributed by atoms with van der Waals surface area (Å²) in [6.07, 6.45) is 0.821. The van der Waals surface area contributed by atoms with Crippen molar-refractivity contribution in [1.29, 1.82) is 0 Å². The molecule has 0 saturated heterocycles. The molecule has 2 nitrogen and oxygen atoms in total. The molecule has 0 aliphatic rings. The molecule has 0 amide bonds. The van der Waals surface area contributed by atoms with E-state index in [4.69, 9.17) is 4.74 Å². The van der Waals surface area contributed by atoms with Gasteiger partial charge >= 0.3 is 0 Å². The Morgan fingerprint density at radius 3 is 2.44 bits per heavy atom. The molecule has 0 fully saturated rings. The number of carbonyl (C=O) groups excluding carboxylic acids is 1. The average molecular weight is 148 g/mol. The third-order valence-electron chi connectivity index (χ3n) is 1.05. The fourth-order valence-electron chi connectivity index (χ4n) is 0.428. The van der Waals surface area contributed by atoms with Crippen LogP contribution in [-0.2, 0) is 9.53 Å². The Labute approximate surface area is 60.0 Å². The van der Waals surface area contributed by atoms with Crippen molar-refractivity contribution in [2.75, 3.05) is 12.9 Å². The highest BCUT2D eigenvalue weighted by Crippen LogP contribution is 2.21. The lowest BCUT2D eigenvalue weighted by Gasteiger charge is -2.18. The molecule has 0 saturated carbocycles. The minimum absolute atomic E-state index is 0.630. The monoisotopic (exact) mass is 148 g/mol. The molecule has 0 N–H and O–H groups in total. The van der Waals surface area contributed by atoms with Crippen LogP contribution in [0.2, 0.25) is 0 Å². The van der Waals surface area contributed by atoms with E-state index in [0.29, 0.717) is 0 Å². The third kappa shape index (κ3) is 2.87. The van der Waals surface area contributed by atoms with Gasteiger partial charge in [-0.15, -0.1) is 11.8 Å². The summed E-state index contributed by atoms with van der Waals surface area (Å²) in [5.74, 6) is 0.892. The van der Waals surface area contributed by atoms with Crippen LogP contribution in [0.15, 0.2) is 0 Å². The smallest absolute Gasteiger partial charge is 0.165 e. The van der Waals surface area contributed by atoms with Crippen molar-refractivity contribution in [3.8, 4) is 0 Å². The topological polar surface area (TPSA) is 26.3 Å². The minimum atomic E-state index is -0.630. The maximum absolute atomic E-state index is 10.3.